The molecule has 0 bridgehead atoms. The molecular weight excluding hydrogens is 676 g/mol. The Bertz CT molecular complexity index is 2300. The summed E-state index contributed by atoms with van der Waals surface area (Å²) in [6.45, 7) is 2.35. The highest BCUT2D eigenvalue weighted by Crippen LogP contribution is 2.33. The topological polar surface area (TPSA) is 138 Å². The second kappa shape index (κ2) is 13.6. The predicted molar refractivity (Wildman–Crippen MR) is 179 cm³/mol. The molecule has 16 heteroatoms. The Hall–Kier alpha value is -5.64. The molecule has 12 nitrogen and oxygen atoms in total. The molecule has 1 saturated heterocycles. The van der Waals surface area contributed by atoms with E-state index in [1.165, 1.54) is 43.1 Å². The molecule has 4 heterocycles. The standard InChI is InChI=1S/C35H32F4N6O6/c1-18-12-21(44-10-11-51-17-28(44)35(37,38)39)15-24(36)29(18)31(46)42-25(33(48)50-4)14-20-7-8-26(30-22(20)6-5-9-40-30)45-32(47)23-13-19(2)41-16-27(23)43(3)34(45)49/h5-9,12-13,15-16,25,28H,10-11,14,17H2,1-4H3,(H,42,46)/t25-,28+/m0/s1. The Morgan fingerprint density at radius 1 is 1.10 bits per heavy atom. The van der Waals surface area contributed by atoms with Crippen LogP contribution in [0.3, 0.4) is 0 Å². The molecule has 0 radical (unpaired) electrons. The maximum absolute atomic E-state index is 15.5. The van der Waals surface area contributed by atoms with Crippen molar-refractivity contribution in [3.05, 3.63) is 104 Å². The number of methoxy groups -OCH3 is 1. The predicted octanol–water partition coefficient (Wildman–Crippen LogP) is 3.67. The summed E-state index contributed by atoms with van der Waals surface area (Å²) in [6.07, 6.45) is -1.88. The lowest BCUT2D eigenvalue weighted by atomic mass is 9.99. The Balaban J connectivity index is 1.34. The number of benzene rings is 2. The molecule has 0 spiro atoms. The zero-order valence-electron chi connectivity index (χ0n) is 27.9. The van der Waals surface area contributed by atoms with Crippen LogP contribution in [0.25, 0.3) is 27.5 Å². The molecule has 1 aliphatic rings. The van der Waals surface area contributed by atoms with E-state index >= 15 is 4.39 Å². The van der Waals surface area contributed by atoms with Gasteiger partial charge in [0.2, 0.25) is 0 Å². The van der Waals surface area contributed by atoms with Crippen molar-refractivity contribution in [3.8, 4) is 5.69 Å². The summed E-state index contributed by atoms with van der Waals surface area (Å²) in [6, 6.07) is 6.75. The van der Waals surface area contributed by atoms with Gasteiger partial charge in [-0.15, -0.1) is 0 Å². The molecule has 266 valence electrons. The SMILES string of the molecule is COC(=O)[C@H](Cc1ccc(-n2c(=O)c3cc(C)ncc3n(C)c2=O)c2ncccc12)NC(=O)c1c(C)cc(N2CCOC[C@@H]2C(F)(F)F)cc1F. The van der Waals surface area contributed by atoms with Gasteiger partial charge in [0, 0.05) is 43.0 Å². The highest BCUT2D eigenvalue weighted by atomic mass is 19.4. The van der Waals surface area contributed by atoms with E-state index in [0.717, 1.165) is 22.6 Å². The summed E-state index contributed by atoms with van der Waals surface area (Å²) in [4.78, 5) is 63.2. The van der Waals surface area contributed by atoms with E-state index in [0.29, 0.717) is 22.2 Å². The Morgan fingerprint density at radius 3 is 2.57 bits per heavy atom. The van der Waals surface area contributed by atoms with Crippen LogP contribution < -0.4 is 21.5 Å². The van der Waals surface area contributed by atoms with Gasteiger partial charge in [-0.3, -0.25) is 24.1 Å². The number of hydrogen-bond acceptors (Lipinski definition) is 9. The number of aryl methyl sites for hydroxylation is 3. The fraction of sp³-hybridized carbons (Fsp3) is 0.314. The smallest absolute Gasteiger partial charge is 0.411 e. The number of nitrogens with one attached hydrogen (secondary N) is 1. The highest BCUT2D eigenvalue weighted by molar-refractivity contribution is 5.99. The minimum absolute atomic E-state index is 0.00847. The van der Waals surface area contributed by atoms with Crippen LogP contribution in [0.2, 0.25) is 0 Å². The van der Waals surface area contributed by atoms with Crippen molar-refractivity contribution in [2.45, 2.75) is 38.5 Å². The zero-order valence-corrected chi connectivity index (χ0v) is 27.9. The summed E-state index contributed by atoms with van der Waals surface area (Å²) in [7, 11) is 2.63. The number of fused-ring (bicyclic) bond motifs is 2. The highest BCUT2D eigenvalue weighted by Gasteiger charge is 2.45. The van der Waals surface area contributed by atoms with Crippen molar-refractivity contribution in [2.75, 3.05) is 31.8 Å². The number of carbonyl (C=O) groups excluding carboxylic acids is 2. The lowest BCUT2D eigenvalue weighted by molar-refractivity contribution is -0.167. The molecule has 1 aliphatic heterocycles. The van der Waals surface area contributed by atoms with Crippen LogP contribution in [0.15, 0.2) is 64.4 Å². The minimum atomic E-state index is -4.63. The number of anilines is 1. The molecule has 2 atom stereocenters. The number of amides is 1. The number of rotatable bonds is 7. The first-order chi connectivity index (χ1) is 24.2. The maximum Gasteiger partial charge on any atom is 0.411 e. The first kappa shape index (κ1) is 35.2. The van der Waals surface area contributed by atoms with Gasteiger partial charge in [0.1, 0.15) is 17.9 Å². The Labute approximate surface area is 287 Å². The van der Waals surface area contributed by atoms with Crippen molar-refractivity contribution in [3.63, 3.8) is 0 Å². The molecule has 2 aromatic carbocycles. The van der Waals surface area contributed by atoms with E-state index in [2.05, 4.69) is 15.3 Å². The first-order valence-corrected chi connectivity index (χ1v) is 15.8. The van der Waals surface area contributed by atoms with Gasteiger partial charge in [-0.05, 0) is 55.3 Å². The third-order valence-corrected chi connectivity index (χ3v) is 8.92. The molecule has 3 aromatic heterocycles. The first-order valence-electron chi connectivity index (χ1n) is 15.8. The van der Waals surface area contributed by atoms with Crippen molar-refractivity contribution in [1.29, 1.82) is 0 Å². The number of morpholine rings is 1. The van der Waals surface area contributed by atoms with Gasteiger partial charge in [-0.1, -0.05) is 12.1 Å². The van der Waals surface area contributed by atoms with Crippen LogP contribution in [-0.2, 0) is 27.7 Å². The second-order valence-corrected chi connectivity index (χ2v) is 12.2. The van der Waals surface area contributed by atoms with E-state index in [4.69, 9.17) is 9.47 Å². The van der Waals surface area contributed by atoms with Crippen LogP contribution in [0, 0.1) is 19.7 Å². The van der Waals surface area contributed by atoms with Gasteiger partial charge in [0.25, 0.3) is 11.5 Å². The average Bonchev–Trinajstić information content (AvgIpc) is 3.10. The van der Waals surface area contributed by atoms with E-state index in [1.54, 1.807) is 31.2 Å². The minimum Gasteiger partial charge on any atom is -0.467 e. The molecule has 0 unspecified atom stereocenters. The average molecular weight is 709 g/mol. The number of pyridine rings is 2. The fourth-order valence-corrected chi connectivity index (χ4v) is 6.39. The largest absolute Gasteiger partial charge is 0.467 e. The van der Waals surface area contributed by atoms with E-state index in [1.807, 2.05) is 0 Å². The monoisotopic (exact) mass is 708 g/mol. The number of aromatic nitrogens is 4. The molecule has 51 heavy (non-hydrogen) atoms. The number of carbonyl (C=O) groups is 2. The number of hydrogen-bond donors (Lipinski definition) is 1. The fourth-order valence-electron chi connectivity index (χ4n) is 6.39. The zero-order chi connectivity index (χ0) is 36.8. The Kier molecular flexibility index (Phi) is 9.37. The molecular formula is C35H32F4N6O6. The van der Waals surface area contributed by atoms with Crippen molar-refractivity contribution in [1.82, 2.24) is 24.4 Å². The molecule has 0 aliphatic carbocycles. The summed E-state index contributed by atoms with van der Waals surface area (Å²) < 4.78 is 68.8. The van der Waals surface area contributed by atoms with Gasteiger partial charge in [0.05, 0.1) is 54.2 Å². The normalized spacial score (nSPS) is 15.6. The number of esters is 1. The number of alkyl halides is 3. The third-order valence-electron chi connectivity index (χ3n) is 8.92. The maximum atomic E-state index is 15.5. The molecule has 1 fully saturated rings. The molecule has 6 rings (SSSR count). The lowest BCUT2D eigenvalue weighted by Crippen LogP contribution is -2.53. The second-order valence-electron chi connectivity index (χ2n) is 12.2. The Morgan fingerprint density at radius 2 is 1.86 bits per heavy atom. The van der Waals surface area contributed by atoms with Crippen molar-refractivity contribution in [2.24, 2.45) is 7.05 Å². The van der Waals surface area contributed by atoms with Crippen LogP contribution in [0.4, 0.5) is 23.2 Å². The third kappa shape index (κ3) is 6.54. The van der Waals surface area contributed by atoms with Gasteiger partial charge < -0.3 is 19.7 Å². The summed E-state index contributed by atoms with van der Waals surface area (Å²) in [5, 5.41) is 3.23. The quantitative estimate of drug-likeness (QED) is 0.198. The molecule has 1 amide bonds. The van der Waals surface area contributed by atoms with Crippen molar-refractivity contribution < 1.29 is 36.6 Å². The van der Waals surface area contributed by atoms with Gasteiger partial charge in [0.15, 0.2) is 0 Å². The molecule has 0 saturated carbocycles. The summed E-state index contributed by atoms with van der Waals surface area (Å²) in [5.74, 6) is -2.92. The van der Waals surface area contributed by atoms with Gasteiger partial charge in [-0.25, -0.2) is 18.5 Å². The molecule has 5 aromatic rings. The molecule has 1 N–H and O–H groups in total. The van der Waals surface area contributed by atoms with E-state index < -0.39 is 59.4 Å². The van der Waals surface area contributed by atoms with Crippen LogP contribution in [-0.4, -0.2) is 76.1 Å². The van der Waals surface area contributed by atoms with Crippen molar-refractivity contribution >= 4 is 39.4 Å². The number of ether oxygens (including phenoxy) is 2. The van der Waals surface area contributed by atoms with E-state index in [9.17, 15) is 32.3 Å². The number of nitrogens with zero attached hydrogens (tertiary/aromatic N) is 5. The number of halogens is 4. The van der Waals surface area contributed by atoms with Gasteiger partial charge >= 0.3 is 17.8 Å². The van der Waals surface area contributed by atoms with E-state index in [-0.39, 0.29) is 47.4 Å². The van der Waals surface area contributed by atoms with Crippen LogP contribution in [0.5, 0.6) is 0 Å². The van der Waals surface area contributed by atoms with Crippen LogP contribution >= 0.6 is 0 Å². The summed E-state index contributed by atoms with van der Waals surface area (Å²) >= 11 is 0. The van der Waals surface area contributed by atoms with Crippen LogP contribution in [0.1, 0.15) is 27.2 Å². The summed E-state index contributed by atoms with van der Waals surface area (Å²) in [5.41, 5.74) is 0.154. The lowest BCUT2D eigenvalue weighted by Gasteiger charge is -2.38. The van der Waals surface area contributed by atoms with Gasteiger partial charge in [-0.2, -0.15) is 13.2 Å².